The van der Waals surface area contributed by atoms with E-state index in [0.717, 1.165) is 17.5 Å². The molecule has 2 amide bonds. The second kappa shape index (κ2) is 20.7. The summed E-state index contributed by atoms with van der Waals surface area (Å²) in [4.78, 5) is 69.2. The number of amides is 2. The number of unbranched alkanes of at least 4 members (excludes halogenated alkanes) is 1. The van der Waals surface area contributed by atoms with Crippen molar-refractivity contribution in [3.63, 3.8) is 0 Å². The lowest BCUT2D eigenvalue weighted by atomic mass is 9.97. The number of ether oxygens (including phenoxy) is 2. The zero-order chi connectivity index (χ0) is 36.3. The molecule has 0 saturated carbocycles. The van der Waals surface area contributed by atoms with E-state index in [1.165, 1.54) is 4.90 Å². The first kappa shape index (κ1) is 39.7. The van der Waals surface area contributed by atoms with Gasteiger partial charge in [0.25, 0.3) is 10.2 Å². The van der Waals surface area contributed by atoms with Gasteiger partial charge in [-0.05, 0) is 29.0 Å². The summed E-state index contributed by atoms with van der Waals surface area (Å²) < 4.78 is 10.3. The van der Waals surface area contributed by atoms with Crippen molar-refractivity contribution >= 4 is 23.8 Å². The molecule has 0 aliphatic heterocycles. The summed E-state index contributed by atoms with van der Waals surface area (Å²) in [7, 11) is 0. The zero-order valence-electron chi connectivity index (χ0n) is 27.7. The number of carbonyl (C=O) groups is 3. The van der Waals surface area contributed by atoms with Gasteiger partial charge in [0.1, 0.15) is 6.04 Å². The molecule has 49 heavy (non-hydrogen) atoms. The van der Waals surface area contributed by atoms with Crippen molar-refractivity contribution in [3.05, 3.63) is 79.9 Å². The minimum Gasteiger partial charge on any atom is -0.464 e. The lowest BCUT2D eigenvalue weighted by Gasteiger charge is -2.33. The van der Waals surface area contributed by atoms with E-state index in [4.69, 9.17) is 21.1 Å². The maximum Gasteiger partial charge on any atom is 0.445 e. The number of nitrogens with two attached hydrogens (primary N) is 2. The molecule has 0 heterocycles. The van der Waals surface area contributed by atoms with Crippen molar-refractivity contribution in [3.8, 4) is 11.1 Å². The van der Waals surface area contributed by atoms with Crippen molar-refractivity contribution in [2.45, 2.75) is 65.5 Å². The van der Waals surface area contributed by atoms with Gasteiger partial charge in [0.2, 0.25) is 5.91 Å². The van der Waals surface area contributed by atoms with Crippen LogP contribution in [0.4, 0.5) is 4.79 Å². The van der Waals surface area contributed by atoms with Crippen molar-refractivity contribution in [2.75, 3.05) is 26.4 Å². The van der Waals surface area contributed by atoms with Gasteiger partial charge >= 0.3 is 12.1 Å². The van der Waals surface area contributed by atoms with E-state index >= 15 is 0 Å². The third-order valence-corrected chi connectivity index (χ3v) is 6.94. The van der Waals surface area contributed by atoms with Crippen LogP contribution in [0.2, 0.25) is 0 Å². The van der Waals surface area contributed by atoms with Crippen LogP contribution in [0.5, 0.6) is 0 Å². The minimum absolute atomic E-state index is 0.0646. The quantitative estimate of drug-likeness (QED) is 0.0278. The monoisotopic (exact) mass is 689 g/mol. The summed E-state index contributed by atoms with van der Waals surface area (Å²) in [6.45, 7) is 4.94. The summed E-state index contributed by atoms with van der Waals surface area (Å²) in [6.07, 6.45) is 0.832. The number of carbonyl (C=O) groups excluding carboxylic acids is 3. The minimum atomic E-state index is -1.03. The molecular weight excluding hydrogens is 646 g/mol. The number of hydrazone groups is 1. The second-order valence-corrected chi connectivity index (χ2v) is 11.0. The van der Waals surface area contributed by atoms with E-state index in [0.29, 0.717) is 22.7 Å². The maximum absolute atomic E-state index is 13.4. The standard InChI is InChI=1S/C31H43N7O11/c1-4-5-12-27(39)35(28(22(2)3)30(40)46-17-8-19-48-37(42)43)21-23-13-15-24(16-14-23)25-10-6-7-11-26(25)29(32)34-36(33)31(41)47-18-9-20-49-38(44)45/h6-7,10-11,13-16,22,28H,4-5,8-9,12,17-21,33H2,1-3H3,(H2,32,34). The molecule has 1 atom stereocenters. The maximum atomic E-state index is 13.4. The van der Waals surface area contributed by atoms with Gasteiger partial charge in [0, 0.05) is 31.4 Å². The number of esters is 1. The topological polar surface area (TPSA) is 245 Å². The van der Waals surface area contributed by atoms with Crippen LogP contribution >= 0.6 is 0 Å². The molecule has 18 nitrogen and oxygen atoms in total. The van der Waals surface area contributed by atoms with Gasteiger partial charge in [-0.1, -0.05) is 75.7 Å². The Labute approximate surface area is 283 Å². The van der Waals surface area contributed by atoms with E-state index < -0.39 is 28.3 Å². The Hall–Kier alpha value is -5.52. The van der Waals surface area contributed by atoms with Crippen LogP contribution < -0.4 is 11.6 Å². The Kier molecular flexibility index (Phi) is 16.7. The van der Waals surface area contributed by atoms with Crippen LogP contribution in [0.1, 0.15) is 64.0 Å². The SMILES string of the molecule is CCCCC(=O)N(Cc1ccc(-c2ccccc2/C(N)=N/N(N)C(=O)OCCCO[N+](=O)[O-])cc1)C(C(=O)OCCCO[N+](=O)[O-])C(C)C. The summed E-state index contributed by atoms with van der Waals surface area (Å²) >= 11 is 0. The van der Waals surface area contributed by atoms with E-state index in [1.807, 2.05) is 45.0 Å². The molecule has 0 aliphatic rings. The molecule has 0 fully saturated rings. The van der Waals surface area contributed by atoms with Crippen molar-refractivity contribution in [1.82, 2.24) is 10.0 Å². The molecular formula is C31H43N7O11. The van der Waals surface area contributed by atoms with Gasteiger partial charge < -0.3 is 29.8 Å². The Morgan fingerprint density at radius 2 is 1.47 bits per heavy atom. The van der Waals surface area contributed by atoms with E-state index in [-0.39, 0.29) is 69.9 Å². The lowest BCUT2D eigenvalue weighted by Crippen LogP contribution is -2.48. The van der Waals surface area contributed by atoms with Gasteiger partial charge in [-0.2, -0.15) is 0 Å². The Morgan fingerprint density at radius 3 is 2.04 bits per heavy atom. The van der Waals surface area contributed by atoms with E-state index in [2.05, 4.69) is 14.8 Å². The molecule has 1 unspecified atom stereocenters. The number of hydrogen-bond donors (Lipinski definition) is 2. The molecule has 2 aromatic carbocycles. The second-order valence-electron chi connectivity index (χ2n) is 11.0. The van der Waals surface area contributed by atoms with Crippen LogP contribution in [0, 0.1) is 26.1 Å². The normalized spacial score (nSPS) is 11.7. The number of hydrogen-bond acceptors (Lipinski definition) is 13. The fourth-order valence-corrected chi connectivity index (χ4v) is 4.61. The average molecular weight is 690 g/mol. The molecule has 0 bridgehead atoms. The highest BCUT2D eigenvalue weighted by Gasteiger charge is 2.33. The highest BCUT2D eigenvalue weighted by atomic mass is 17.0. The Bertz CT molecular complexity index is 1440. The highest BCUT2D eigenvalue weighted by molar-refractivity contribution is 6.03. The number of rotatable bonds is 21. The first-order valence-corrected chi connectivity index (χ1v) is 15.6. The zero-order valence-corrected chi connectivity index (χ0v) is 27.7. The average Bonchev–Trinajstić information content (AvgIpc) is 3.06. The first-order chi connectivity index (χ1) is 23.3. The Morgan fingerprint density at radius 1 is 0.878 bits per heavy atom. The molecule has 0 spiro atoms. The molecule has 18 heteroatoms. The van der Waals surface area contributed by atoms with Crippen molar-refractivity contribution in [2.24, 2.45) is 22.6 Å². The largest absolute Gasteiger partial charge is 0.464 e. The van der Waals surface area contributed by atoms with Gasteiger partial charge in [-0.15, -0.1) is 30.4 Å². The van der Waals surface area contributed by atoms with Gasteiger partial charge in [0.05, 0.1) is 26.4 Å². The predicted octanol–water partition coefficient (Wildman–Crippen LogP) is 3.57. The van der Waals surface area contributed by atoms with Gasteiger partial charge in [-0.25, -0.2) is 15.4 Å². The lowest BCUT2D eigenvalue weighted by molar-refractivity contribution is -0.757. The van der Waals surface area contributed by atoms with Crippen LogP contribution in [0.15, 0.2) is 53.6 Å². The molecule has 0 saturated heterocycles. The van der Waals surface area contributed by atoms with Crippen LogP contribution in [0.25, 0.3) is 11.1 Å². The summed E-state index contributed by atoms with van der Waals surface area (Å²) in [5.74, 6) is 4.51. The number of amidine groups is 1. The molecule has 0 aromatic heterocycles. The molecule has 0 radical (unpaired) electrons. The van der Waals surface area contributed by atoms with Crippen molar-refractivity contribution in [1.29, 1.82) is 0 Å². The van der Waals surface area contributed by atoms with E-state index in [1.54, 1.807) is 24.3 Å². The third kappa shape index (κ3) is 13.6. The predicted molar refractivity (Wildman–Crippen MR) is 175 cm³/mol. The number of benzene rings is 2. The molecule has 2 rings (SSSR count). The fraction of sp³-hybridized carbons (Fsp3) is 0.484. The molecule has 268 valence electrons. The van der Waals surface area contributed by atoms with Crippen LogP contribution in [-0.2, 0) is 35.3 Å². The van der Waals surface area contributed by atoms with Gasteiger partial charge in [-0.3, -0.25) is 4.79 Å². The first-order valence-electron chi connectivity index (χ1n) is 15.6. The highest BCUT2D eigenvalue weighted by Crippen LogP contribution is 2.26. The Balaban J connectivity index is 2.22. The summed E-state index contributed by atoms with van der Waals surface area (Å²) in [5.41, 5.74) is 8.80. The molecule has 0 aliphatic carbocycles. The molecule has 4 N–H and O–H groups in total. The molecule has 2 aromatic rings. The smallest absolute Gasteiger partial charge is 0.445 e. The summed E-state index contributed by atoms with van der Waals surface area (Å²) in [5, 5.41) is 23.0. The fourth-order valence-electron chi connectivity index (χ4n) is 4.61. The number of hydrazine groups is 1. The van der Waals surface area contributed by atoms with E-state index in [9.17, 15) is 34.6 Å². The van der Waals surface area contributed by atoms with Crippen molar-refractivity contribution < 1.29 is 43.7 Å². The van der Waals surface area contributed by atoms with Gasteiger partial charge in [0.15, 0.2) is 5.84 Å². The number of nitrogens with zero attached hydrogens (tertiary/aromatic N) is 5. The van der Waals surface area contributed by atoms with Crippen LogP contribution in [0.3, 0.4) is 0 Å². The van der Waals surface area contributed by atoms with Crippen LogP contribution in [-0.4, -0.2) is 76.5 Å². The summed E-state index contributed by atoms with van der Waals surface area (Å²) in [6, 6.07) is 13.4. The third-order valence-electron chi connectivity index (χ3n) is 6.94.